The van der Waals surface area contributed by atoms with Crippen molar-refractivity contribution in [2.24, 2.45) is 5.92 Å². The van der Waals surface area contributed by atoms with Crippen molar-refractivity contribution < 1.29 is 23.9 Å². The van der Waals surface area contributed by atoms with Crippen LogP contribution in [0, 0.1) is 5.92 Å². The van der Waals surface area contributed by atoms with Crippen molar-refractivity contribution in [2.75, 3.05) is 25.0 Å². The second-order valence-electron chi connectivity index (χ2n) is 9.77. The molecule has 4 rings (SSSR count). The molecular weight excluding hydrogens is 482 g/mol. The van der Waals surface area contributed by atoms with Gasteiger partial charge in [-0.2, -0.15) is 0 Å². The summed E-state index contributed by atoms with van der Waals surface area (Å²) in [4.78, 5) is 53.3. The summed E-state index contributed by atoms with van der Waals surface area (Å²) in [5, 5.41) is 3.41. The van der Waals surface area contributed by atoms with Crippen LogP contribution in [0.2, 0.25) is 0 Å². The van der Waals surface area contributed by atoms with Crippen molar-refractivity contribution in [3.8, 4) is 0 Å². The third-order valence-electron chi connectivity index (χ3n) is 6.65. The molecule has 0 radical (unpaired) electrons. The van der Waals surface area contributed by atoms with Crippen LogP contribution in [0.5, 0.6) is 0 Å². The van der Waals surface area contributed by atoms with Gasteiger partial charge in [-0.05, 0) is 62.3 Å². The van der Waals surface area contributed by atoms with Crippen molar-refractivity contribution in [1.29, 1.82) is 0 Å². The van der Waals surface area contributed by atoms with Gasteiger partial charge in [0.05, 0.1) is 12.2 Å². The minimum absolute atomic E-state index is 0.0880. The zero-order valence-electron chi connectivity index (χ0n) is 22.1. The maximum Gasteiger partial charge on any atom is 0.325 e. The Labute approximate surface area is 222 Å². The summed E-state index contributed by atoms with van der Waals surface area (Å²) in [5.41, 5.74) is 2.42. The van der Waals surface area contributed by atoms with Crippen LogP contribution in [0.4, 0.5) is 5.69 Å². The lowest BCUT2D eigenvalue weighted by Gasteiger charge is -2.21. The first-order valence-electron chi connectivity index (χ1n) is 13.4. The molecule has 2 amide bonds. The fourth-order valence-electron chi connectivity index (χ4n) is 4.57. The van der Waals surface area contributed by atoms with Crippen LogP contribution in [-0.4, -0.2) is 52.7 Å². The van der Waals surface area contributed by atoms with E-state index in [0.29, 0.717) is 48.4 Å². The van der Waals surface area contributed by atoms with E-state index in [4.69, 9.17) is 4.74 Å². The second-order valence-corrected chi connectivity index (χ2v) is 9.77. The molecule has 1 aliphatic carbocycles. The normalized spacial score (nSPS) is 12.8. The molecule has 0 bridgehead atoms. The Kier molecular flexibility index (Phi) is 8.94. The number of amides is 2. The van der Waals surface area contributed by atoms with E-state index in [-0.39, 0.29) is 24.6 Å². The number of nitrogens with one attached hydrogen (secondary N) is 1. The molecule has 0 unspecified atom stereocenters. The maximum absolute atomic E-state index is 13.5. The molecule has 200 valence electrons. The Morgan fingerprint density at radius 3 is 2.50 bits per heavy atom. The van der Waals surface area contributed by atoms with Crippen molar-refractivity contribution in [3.05, 3.63) is 65.9 Å². The van der Waals surface area contributed by atoms with E-state index >= 15 is 0 Å². The summed E-state index contributed by atoms with van der Waals surface area (Å²) in [6.07, 6.45) is 5.38. The van der Waals surface area contributed by atoms with E-state index in [2.05, 4.69) is 5.32 Å². The summed E-state index contributed by atoms with van der Waals surface area (Å²) >= 11 is 0. The number of aryl methyl sites for hydroxylation is 1. The maximum atomic E-state index is 13.5. The lowest BCUT2D eigenvalue weighted by Crippen LogP contribution is -2.38. The van der Waals surface area contributed by atoms with E-state index in [1.165, 1.54) is 0 Å². The molecular formula is C30H35N3O5. The fourth-order valence-corrected chi connectivity index (χ4v) is 4.57. The number of carbonyl (C=O) groups excluding carboxylic acids is 4. The van der Waals surface area contributed by atoms with Crippen molar-refractivity contribution in [2.45, 2.75) is 52.5 Å². The smallest absolute Gasteiger partial charge is 0.325 e. The number of benzene rings is 2. The molecule has 3 aromatic rings. The van der Waals surface area contributed by atoms with Gasteiger partial charge in [0, 0.05) is 42.3 Å². The molecule has 0 aliphatic heterocycles. The molecule has 1 aromatic heterocycles. The molecule has 8 heteroatoms. The van der Waals surface area contributed by atoms with E-state index in [1.807, 2.05) is 37.3 Å². The largest absolute Gasteiger partial charge is 0.465 e. The van der Waals surface area contributed by atoms with Crippen LogP contribution in [-0.2, 0) is 32.1 Å². The lowest BCUT2D eigenvalue weighted by atomic mass is 10.1. The number of aromatic nitrogens is 1. The number of carbonyl (C=O) groups is 4. The van der Waals surface area contributed by atoms with Gasteiger partial charge in [-0.3, -0.25) is 19.2 Å². The number of rotatable bonds is 13. The fraction of sp³-hybridized carbons (Fsp3) is 0.400. The Morgan fingerprint density at radius 2 is 1.82 bits per heavy atom. The number of hydrogen-bond acceptors (Lipinski definition) is 5. The van der Waals surface area contributed by atoms with Gasteiger partial charge in [0.1, 0.15) is 6.54 Å². The molecule has 8 nitrogen and oxygen atoms in total. The van der Waals surface area contributed by atoms with Crippen LogP contribution in [0.25, 0.3) is 10.9 Å². The lowest BCUT2D eigenvalue weighted by molar-refractivity contribution is -0.143. The Morgan fingerprint density at radius 1 is 1.05 bits per heavy atom. The molecule has 1 saturated carbocycles. The standard InChI is InChI=1S/C30H35N3O5/c1-3-16-32(18-22-10-11-22)30(37)29(36)25-19-33(20-28(35)38-4-2)26-14-13-23(17-24(25)26)31-27(34)15-12-21-8-6-5-7-9-21/h5-9,13-14,17,19,22H,3-4,10-12,15-16,18,20H2,1-2H3,(H,31,34). The number of fused-ring (bicyclic) bond motifs is 1. The minimum atomic E-state index is -0.612. The van der Waals surface area contributed by atoms with Crippen LogP contribution < -0.4 is 5.32 Å². The second kappa shape index (κ2) is 12.5. The number of nitrogens with zero attached hydrogens (tertiary/aromatic N) is 2. The molecule has 1 fully saturated rings. The Balaban J connectivity index is 1.59. The molecule has 1 heterocycles. The molecule has 0 saturated heterocycles. The zero-order valence-corrected chi connectivity index (χ0v) is 22.1. The van der Waals surface area contributed by atoms with Gasteiger partial charge in [-0.15, -0.1) is 0 Å². The van der Waals surface area contributed by atoms with Crippen molar-refractivity contribution in [1.82, 2.24) is 9.47 Å². The summed E-state index contributed by atoms with van der Waals surface area (Å²) < 4.78 is 6.72. The first kappa shape index (κ1) is 27.1. The topological polar surface area (TPSA) is 97.7 Å². The highest BCUT2D eigenvalue weighted by Crippen LogP contribution is 2.31. The Bertz CT molecular complexity index is 1310. The number of esters is 1. The monoisotopic (exact) mass is 517 g/mol. The quantitative estimate of drug-likeness (QED) is 0.203. The predicted molar refractivity (Wildman–Crippen MR) is 146 cm³/mol. The number of ketones is 1. The number of ether oxygens (including phenoxy) is 1. The minimum Gasteiger partial charge on any atom is -0.465 e. The van der Waals surface area contributed by atoms with Gasteiger partial charge in [0.25, 0.3) is 11.7 Å². The van der Waals surface area contributed by atoms with E-state index < -0.39 is 17.7 Å². The average Bonchev–Trinajstić information content (AvgIpc) is 3.67. The Hall–Kier alpha value is -3.94. The van der Waals surface area contributed by atoms with Crippen molar-refractivity contribution >= 4 is 40.2 Å². The molecule has 38 heavy (non-hydrogen) atoms. The third kappa shape index (κ3) is 6.88. The molecule has 0 spiro atoms. The molecule has 0 atom stereocenters. The first-order chi connectivity index (χ1) is 18.4. The van der Waals surface area contributed by atoms with Gasteiger partial charge >= 0.3 is 5.97 Å². The number of hydrogen-bond donors (Lipinski definition) is 1. The molecule has 1 N–H and O–H groups in total. The highest BCUT2D eigenvalue weighted by molar-refractivity contribution is 6.45. The number of anilines is 1. The van der Waals surface area contributed by atoms with Crippen LogP contribution in [0.3, 0.4) is 0 Å². The predicted octanol–water partition coefficient (Wildman–Crippen LogP) is 4.61. The highest BCUT2D eigenvalue weighted by Gasteiger charge is 2.31. The molecule has 1 aliphatic rings. The summed E-state index contributed by atoms with van der Waals surface area (Å²) in [6.45, 7) is 4.97. The first-order valence-corrected chi connectivity index (χ1v) is 13.4. The van der Waals surface area contributed by atoms with Crippen LogP contribution in [0.15, 0.2) is 54.7 Å². The highest BCUT2D eigenvalue weighted by atomic mass is 16.5. The van der Waals surface area contributed by atoms with Crippen molar-refractivity contribution in [3.63, 3.8) is 0 Å². The number of Topliss-reactive ketones (excluding diaryl/α,β-unsaturated/α-hetero) is 1. The van der Waals surface area contributed by atoms with E-state index in [1.54, 1.807) is 40.8 Å². The summed E-state index contributed by atoms with van der Waals surface area (Å²) in [5.74, 6) is -1.28. The third-order valence-corrected chi connectivity index (χ3v) is 6.65. The zero-order chi connectivity index (χ0) is 27.1. The van der Waals surface area contributed by atoms with E-state index in [0.717, 1.165) is 24.8 Å². The van der Waals surface area contributed by atoms with Crippen LogP contribution in [0.1, 0.15) is 55.5 Å². The van der Waals surface area contributed by atoms with Gasteiger partial charge in [0.15, 0.2) is 0 Å². The van der Waals surface area contributed by atoms with E-state index in [9.17, 15) is 19.2 Å². The van der Waals surface area contributed by atoms with Crippen LogP contribution >= 0.6 is 0 Å². The van der Waals surface area contributed by atoms with Gasteiger partial charge in [0.2, 0.25) is 5.91 Å². The summed E-state index contributed by atoms with van der Waals surface area (Å²) in [7, 11) is 0. The van der Waals surface area contributed by atoms with Gasteiger partial charge < -0.3 is 19.5 Å². The SMILES string of the molecule is CCCN(CC1CC1)C(=O)C(=O)c1cn(CC(=O)OCC)c2ccc(NC(=O)CCc3ccccc3)cc12. The summed E-state index contributed by atoms with van der Waals surface area (Å²) in [6, 6.07) is 14.9. The average molecular weight is 518 g/mol. The van der Waals surface area contributed by atoms with Gasteiger partial charge in [-0.25, -0.2) is 0 Å². The van der Waals surface area contributed by atoms with Gasteiger partial charge in [-0.1, -0.05) is 37.3 Å². The molecule has 2 aromatic carbocycles.